The van der Waals surface area contributed by atoms with Gasteiger partial charge in [-0.2, -0.15) is 0 Å². The van der Waals surface area contributed by atoms with Crippen LogP contribution in [-0.4, -0.2) is 56.6 Å². The number of carbonyl (C=O) groups excluding carboxylic acids is 1. The fourth-order valence-corrected chi connectivity index (χ4v) is 8.18. The zero-order chi connectivity index (χ0) is 28.6. The summed E-state index contributed by atoms with van der Waals surface area (Å²) in [5, 5.41) is 12.1. The Morgan fingerprint density at radius 1 is 1.05 bits per heavy atom. The third-order valence-corrected chi connectivity index (χ3v) is 11.0. The van der Waals surface area contributed by atoms with Gasteiger partial charge in [-0.1, -0.05) is 17.7 Å². The molecule has 2 aromatic carbocycles. The van der Waals surface area contributed by atoms with E-state index in [4.69, 9.17) is 21.1 Å². The van der Waals surface area contributed by atoms with Crippen LogP contribution < -0.4 is 14.4 Å². The minimum Gasteiger partial charge on any atom is -0.487 e. The minimum absolute atomic E-state index is 0.0399. The number of sulfonamides is 1. The summed E-state index contributed by atoms with van der Waals surface area (Å²) in [4.78, 5) is 15.5. The van der Waals surface area contributed by atoms with Gasteiger partial charge in [0.05, 0.1) is 23.1 Å². The van der Waals surface area contributed by atoms with Crippen LogP contribution in [0.25, 0.3) is 0 Å². The summed E-state index contributed by atoms with van der Waals surface area (Å²) in [5.41, 5.74) is 2.39. The fourth-order valence-electron chi connectivity index (χ4n) is 6.95. The lowest BCUT2D eigenvalue weighted by molar-refractivity contribution is -0.144. The molecule has 0 aromatic heterocycles. The lowest BCUT2D eigenvalue weighted by Crippen LogP contribution is -2.50. The lowest BCUT2D eigenvalue weighted by Gasteiger charge is -2.48. The molecule has 0 unspecified atom stereocenters. The monoisotopic (exact) mass is 602 g/mol. The highest BCUT2D eigenvalue weighted by Gasteiger charge is 2.44. The Labute approximate surface area is 247 Å². The molecule has 4 atom stereocenters. The van der Waals surface area contributed by atoms with Crippen molar-refractivity contribution in [2.24, 2.45) is 11.8 Å². The minimum atomic E-state index is -3.87. The largest absolute Gasteiger partial charge is 0.487 e. The molecule has 222 valence electrons. The molecule has 41 heavy (non-hydrogen) atoms. The molecule has 0 spiro atoms. The number of hydrogen-bond acceptors (Lipinski definition) is 7. The normalized spacial score (nSPS) is 30.3. The number of rotatable bonds is 0. The number of halogens is 1. The van der Waals surface area contributed by atoms with Crippen LogP contribution in [-0.2, 0) is 27.8 Å². The number of aryl methyl sites for hydroxylation is 1. The standard InChI is InChI=1S/C31H39ClN2O6S/c32-25-8-5-24-20-40-28-10-7-22-17-27(28)34(13-2-1-4-21(24)16-25)19-23-6-9-26(23)29-18-31(36,12-14-39-29)11-3-15-41(37,38)33-30(22)35/h5,7-8,10,16-17,23,26,29,36H,1-4,6,9,11-15,18-20H2,(H,33,35)/t23-,26+,29-,31-/m0/s1. The quantitative estimate of drug-likeness (QED) is 0.444. The molecule has 1 amide bonds. The average molecular weight is 603 g/mol. The topological polar surface area (TPSA) is 105 Å². The van der Waals surface area contributed by atoms with Gasteiger partial charge in [0, 0.05) is 36.7 Å². The van der Waals surface area contributed by atoms with Crippen LogP contribution in [0.3, 0.4) is 0 Å². The molecule has 6 rings (SSSR count). The van der Waals surface area contributed by atoms with E-state index in [1.807, 2.05) is 18.2 Å². The van der Waals surface area contributed by atoms with Crippen molar-refractivity contribution in [3.05, 3.63) is 58.1 Å². The van der Waals surface area contributed by atoms with E-state index in [9.17, 15) is 18.3 Å². The van der Waals surface area contributed by atoms with Gasteiger partial charge in [0.2, 0.25) is 10.0 Å². The number of nitrogens with zero attached hydrogens (tertiary/aromatic N) is 1. The molecule has 4 aliphatic rings. The highest BCUT2D eigenvalue weighted by Crippen LogP contribution is 2.45. The van der Waals surface area contributed by atoms with Gasteiger partial charge in [0.15, 0.2) is 0 Å². The smallest absolute Gasteiger partial charge is 0.264 e. The third-order valence-electron chi connectivity index (χ3n) is 9.43. The number of benzene rings is 2. The molecule has 1 aliphatic carbocycles. The van der Waals surface area contributed by atoms with Crippen LogP contribution in [0.15, 0.2) is 36.4 Å². The molecular formula is C31H39ClN2O6S. The first kappa shape index (κ1) is 28.8. The summed E-state index contributed by atoms with van der Waals surface area (Å²) >= 11 is 6.31. The maximum atomic E-state index is 13.2. The number of hydrogen-bond donors (Lipinski definition) is 2. The van der Waals surface area contributed by atoms with Crippen LogP contribution in [0, 0.1) is 11.8 Å². The number of fused-ring (bicyclic) bond motifs is 6. The highest BCUT2D eigenvalue weighted by molar-refractivity contribution is 7.90. The molecule has 4 bridgehead atoms. The summed E-state index contributed by atoms with van der Waals surface area (Å²) in [5.74, 6) is 0.511. The van der Waals surface area contributed by atoms with E-state index in [-0.39, 0.29) is 23.8 Å². The van der Waals surface area contributed by atoms with Gasteiger partial charge < -0.3 is 19.5 Å². The van der Waals surface area contributed by atoms with E-state index in [1.165, 1.54) is 5.56 Å². The molecule has 3 heterocycles. The molecule has 10 heteroatoms. The summed E-state index contributed by atoms with van der Waals surface area (Å²) in [6.07, 6.45) is 6.57. The molecule has 1 saturated heterocycles. The molecular weight excluding hydrogens is 564 g/mol. The van der Waals surface area contributed by atoms with Gasteiger partial charge in [-0.3, -0.25) is 4.79 Å². The predicted molar refractivity (Wildman–Crippen MR) is 158 cm³/mol. The van der Waals surface area contributed by atoms with Crippen molar-refractivity contribution in [3.8, 4) is 5.75 Å². The Morgan fingerprint density at radius 3 is 2.76 bits per heavy atom. The van der Waals surface area contributed by atoms with Gasteiger partial charge in [-0.25, -0.2) is 13.1 Å². The maximum absolute atomic E-state index is 13.2. The fraction of sp³-hybridized carbons (Fsp3) is 0.581. The van der Waals surface area contributed by atoms with Crippen molar-refractivity contribution in [2.75, 3.05) is 30.3 Å². The van der Waals surface area contributed by atoms with Gasteiger partial charge in [0.25, 0.3) is 5.91 Å². The van der Waals surface area contributed by atoms with Crippen molar-refractivity contribution in [1.82, 2.24) is 4.72 Å². The SMILES string of the molecule is O=C1NS(=O)(=O)CCC[C@]2(O)CCO[C@@H](C2)[C@@H]2CC[C@H]2CN2CCCCc3cc(Cl)ccc3COc3ccc1cc32. The van der Waals surface area contributed by atoms with Gasteiger partial charge in [-0.05, 0) is 105 Å². The molecule has 8 nitrogen and oxygen atoms in total. The van der Waals surface area contributed by atoms with E-state index in [0.29, 0.717) is 55.1 Å². The van der Waals surface area contributed by atoms with Crippen molar-refractivity contribution >= 4 is 33.2 Å². The number of nitrogens with one attached hydrogen (secondary N) is 1. The summed E-state index contributed by atoms with van der Waals surface area (Å²) in [7, 11) is -3.87. The molecule has 2 aromatic rings. The Hall–Kier alpha value is -2.33. The van der Waals surface area contributed by atoms with Gasteiger partial charge in [0.1, 0.15) is 12.4 Å². The van der Waals surface area contributed by atoms with Crippen molar-refractivity contribution in [3.63, 3.8) is 0 Å². The zero-order valence-electron chi connectivity index (χ0n) is 23.3. The second-order valence-electron chi connectivity index (χ2n) is 12.2. The molecule has 2 fully saturated rings. The maximum Gasteiger partial charge on any atom is 0.264 e. The first-order valence-corrected chi connectivity index (χ1v) is 16.9. The van der Waals surface area contributed by atoms with Crippen molar-refractivity contribution < 1.29 is 27.8 Å². The lowest BCUT2D eigenvalue weighted by atomic mass is 9.67. The van der Waals surface area contributed by atoms with Crippen LogP contribution >= 0.6 is 11.6 Å². The summed E-state index contributed by atoms with van der Waals surface area (Å²) in [6, 6.07) is 11.1. The zero-order valence-corrected chi connectivity index (χ0v) is 24.9. The molecule has 0 radical (unpaired) electrons. The Kier molecular flexibility index (Phi) is 8.24. The van der Waals surface area contributed by atoms with Gasteiger partial charge >= 0.3 is 0 Å². The summed E-state index contributed by atoms with van der Waals surface area (Å²) < 4.78 is 40.5. The van der Waals surface area contributed by atoms with E-state index < -0.39 is 21.5 Å². The van der Waals surface area contributed by atoms with E-state index >= 15 is 0 Å². The first-order chi connectivity index (χ1) is 19.7. The Morgan fingerprint density at radius 2 is 1.93 bits per heavy atom. The van der Waals surface area contributed by atoms with E-state index in [2.05, 4.69) is 9.62 Å². The second-order valence-corrected chi connectivity index (χ2v) is 14.5. The summed E-state index contributed by atoms with van der Waals surface area (Å²) in [6.45, 7) is 2.39. The predicted octanol–water partition coefficient (Wildman–Crippen LogP) is 4.85. The molecule has 3 aliphatic heterocycles. The van der Waals surface area contributed by atoms with Gasteiger partial charge in [-0.15, -0.1) is 0 Å². The van der Waals surface area contributed by atoms with Crippen molar-refractivity contribution in [1.29, 1.82) is 0 Å². The van der Waals surface area contributed by atoms with Crippen molar-refractivity contribution in [2.45, 2.75) is 76.1 Å². The van der Waals surface area contributed by atoms with E-state index in [1.54, 1.807) is 18.2 Å². The molecule has 1 saturated carbocycles. The number of aliphatic hydroxyl groups is 1. The second kappa shape index (κ2) is 11.7. The third kappa shape index (κ3) is 6.53. The number of carbonyl (C=O) groups is 1. The Bertz CT molecular complexity index is 1400. The highest BCUT2D eigenvalue weighted by atomic mass is 35.5. The molecule has 2 N–H and O–H groups in total. The average Bonchev–Trinajstić information content (AvgIpc) is 2.93. The number of anilines is 1. The van der Waals surface area contributed by atoms with Crippen LogP contribution in [0.5, 0.6) is 5.75 Å². The first-order valence-electron chi connectivity index (χ1n) is 14.9. The van der Waals surface area contributed by atoms with Crippen LogP contribution in [0.4, 0.5) is 5.69 Å². The van der Waals surface area contributed by atoms with E-state index in [0.717, 1.165) is 56.4 Å². The van der Waals surface area contributed by atoms with Crippen LogP contribution in [0.1, 0.15) is 72.9 Å². The Balaban J connectivity index is 1.36. The number of amides is 1. The van der Waals surface area contributed by atoms with Crippen LogP contribution in [0.2, 0.25) is 5.02 Å². The number of ether oxygens (including phenoxy) is 2.